The summed E-state index contributed by atoms with van der Waals surface area (Å²) in [6.07, 6.45) is 5.32. The number of hydrogen-bond acceptors (Lipinski definition) is 6. The van der Waals surface area contributed by atoms with Gasteiger partial charge in [0.05, 0.1) is 5.69 Å². The Balaban J connectivity index is 1.72. The van der Waals surface area contributed by atoms with Crippen molar-refractivity contribution < 1.29 is 9.18 Å². The lowest BCUT2D eigenvalue weighted by Gasteiger charge is -2.24. The van der Waals surface area contributed by atoms with Gasteiger partial charge in [-0.2, -0.15) is 16.7 Å². The second-order valence-electron chi connectivity index (χ2n) is 5.98. The van der Waals surface area contributed by atoms with E-state index >= 15 is 0 Å². The van der Waals surface area contributed by atoms with E-state index in [0.29, 0.717) is 24.0 Å². The standard InChI is InChI=1S/C18H22FN5OS/c1-26-12-10-20-17(25)15-7-4-11-24(15)18-21-9-8-16(23-18)22-14-6-3-2-5-13(14)19/h2-3,5-6,8-9,15H,4,7,10-12H2,1H3,(H,20,25)(H,21,22,23). The molecule has 0 saturated carbocycles. The number of thioether (sulfide) groups is 1. The van der Waals surface area contributed by atoms with Crippen LogP contribution >= 0.6 is 11.8 Å². The van der Waals surface area contributed by atoms with Crippen LogP contribution in [0.2, 0.25) is 0 Å². The van der Waals surface area contributed by atoms with Gasteiger partial charge in [-0.25, -0.2) is 9.37 Å². The van der Waals surface area contributed by atoms with Gasteiger partial charge in [-0.1, -0.05) is 12.1 Å². The molecule has 8 heteroatoms. The zero-order chi connectivity index (χ0) is 18.4. The SMILES string of the molecule is CSCCNC(=O)C1CCCN1c1nccc(Nc2ccccc2F)n1. The number of halogens is 1. The smallest absolute Gasteiger partial charge is 0.242 e. The molecule has 1 aliphatic rings. The third-order valence-corrected chi connectivity index (χ3v) is 4.81. The predicted molar refractivity (Wildman–Crippen MR) is 103 cm³/mol. The van der Waals surface area contributed by atoms with Crippen molar-refractivity contribution in [1.82, 2.24) is 15.3 Å². The minimum Gasteiger partial charge on any atom is -0.353 e. The quantitative estimate of drug-likeness (QED) is 0.725. The van der Waals surface area contributed by atoms with Gasteiger partial charge in [-0.3, -0.25) is 4.79 Å². The molecule has 1 atom stereocenters. The second-order valence-corrected chi connectivity index (χ2v) is 6.97. The van der Waals surface area contributed by atoms with E-state index < -0.39 is 0 Å². The molecular formula is C18H22FN5OS. The Kier molecular flexibility index (Phi) is 6.27. The number of amides is 1. The summed E-state index contributed by atoms with van der Waals surface area (Å²) in [6, 6.07) is 7.84. The van der Waals surface area contributed by atoms with E-state index in [0.717, 1.165) is 25.1 Å². The highest BCUT2D eigenvalue weighted by molar-refractivity contribution is 7.98. The summed E-state index contributed by atoms with van der Waals surface area (Å²) in [7, 11) is 0. The summed E-state index contributed by atoms with van der Waals surface area (Å²) in [4.78, 5) is 23.1. The number of carbonyl (C=O) groups is 1. The van der Waals surface area contributed by atoms with Gasteiger partial charge in [0, 0.05) is 25.0 Å². The molecule has 1 unspecified atom stereocenters. The van der Waals surface area contributed by atoms with Crippen molar-refractivity contribution in [2.75, 3.05) is 35.3 Å². The molecule has 3 rings (SSSR count). The maximum Gasteiger partial charge on any atom is 0.242 e. The van der Waals surface area contributed by atoms with Crippen LogP contribution in [0.25, 0.3) is 0 Å². The van der Waals surface area contributed by atoms with Crippen molar-refractivity contribution in [2.24, 2.45) is 0 Å². The summed E-state index contributed by atoms with van der Waals surface area (Å²) in [5, 5.41) is 5.93. The molecule has 0 bridgehead atoms. The van der Waals surface area contributed by atoms with Crippen LogP contribution in [-0.4, -0.2) is 47.0 Å². The van der Waals surface area contributed by atoms with Crippen LogP contribution in [0.4, 0.5) is 21.8 Å². The number of hydrogen-bond donors (Lipinski definition) is 2. The third kappa shape index (κ3) is 4.43. The van der Waals surface area contributed by atoms with Gasteiger partial charge >= 0.3 is 0 Å². The van der Waals surface area contributed by atoms with Crippen LogP contribution in [-0.2, 0) is 4.79 Å². The molecule has 26 heavy (non-hydrogen) atoms. The molecular weight excluding hydrogens is 353 g/mol. The molecule has 0 spiro atoms. The molecule has 1 fully saturated rings. The molecule has 2 aromatic rings. The fourth-order valence-electron chi connectivity index (χ4n) is 2.93. The number of aromatic nitrogens is 2. The van der Waals surface area contributed by atoms with Gasteiger partial charge in [0.2, 0.25) is 11.9 Å². The number of para-hydroxylation sites is 1. The average molecular weight is 375 g/mol. The molecule has 1 aromatic heterocycles. The van der Waals surface area contributed by atoms with Crippen LogP contribution in [0.1, 0.15) is 12.8 Å². The summed E-state index contributed by atoms with van der Waals surface area (Å²) < 4.78 is 13.8. The molecule has 2 heterocycles. The maximum absolute atomic E-state index is 13.8. The Morgan fingerprint density at radius 2 is 2.23 bits per heavy atom. The highest BCUT2D eigenvalue weighted by atomic mass is 32.2. The lowest BCUT2D eigenvalue weighted by Crippen LogP contribution is -2.44. The number of benzene rings is 1. The Hall–Kier alpha value is -2.35. The first-order valence-electron chi connectivity index (χ1n) is 8.57. The molecule has 1 aliphatic heterocycles. The number of nitrogens with zero attached hydrogens (tertiary/aromatic N) is 3. The summed E-state index contributed by atoms with van der Waals surface area (Å²) in [6.45, 7) is 1.38. The van der Waals surface area contributed by atoms with Crippen molar-refractivity contribution in [3.8, 4) is 0 Å². The fourth-order valence-corrected chi connectivity index (χ4v) is 3.24. The van der Waals surface area contributed by atoms with E-state index in [4.69, 9.17) is 0 Å². The normalized spacial score (nSPS) is 16.5. The molecule has 138 valence electrons. The highest BCUT2D eigenvalue weighted by Gasteiger charge is 2.32. The molecule has 0 aliphatic carbocycles. The van der Waals surface area contributed by atoms with Gasteiger partial charge in [0.1, 0.15) is 17.7 Å². The van der Waals surface area contributed by atoms with Gasteiger partial charge < -0.3 is 15.5 Å². The summed E-state index contributed by atoms with van der Waals surface area (Å²) in [5.74, 6) is 1.52. The van der Waals surface area contributed by atoms with Gasteiger partial charge in [0.25, 0.3) is 0 Å². The number of anilines is 3. The zero-order valence-electron chi connectivity index (χ0n) is 14.6. The monoisotopic (exact) mass is 375 g/mol. The maximum atomic E-state index is 13.8. The van der Waals surface area contributed by atoms with Gasteiger partial charge in [-0.05, 0) is 37.3 Å². The Morgan fingerprint density at radius 1 is 1.38 bits per heavy atom. The first-order chi connectivity index (χ1) is 12.7. The molecule has 1 amide bonds. The minimum atomic E-state index is -0.347. The molecule has 1 saturated heterocycles. The van der Waals surface area contributed by atoms with E-state index in [1.165, 1.54) is 6.07 Å². The zero-order valence-corrected chi connectivity index (χ0v) is 15.4. The topological polar surface area (TPSA) is 70.2 Å². The molecule has 6 nitrogen and oxygen atoms in total. The minimum absolute atomic E-state index is 0.00705. The third-order valence-electron chi connectivity index (χ3n) is 4.20. The fraction of sp³-hybridized carbons (Fsp3) is 0.389. The Morgan fingerprint density at radius 3 is 3.04 bits per heavy atom. The van der Waals surface area contributed by atoms with Crippen molar-refractivity contribution in [3.05, 3.63) is 42.3 Å². The number of carbonyl (C=O) groups excluding carboxylic acids is 1. The van der Waals surface area contributed by atoms with Crippen LogP contribution in [0.5, 0.6) is 0 Å². The van der Waals surface area contributed by atoms with Crippen molar-refractivity contribution >= 4 is 35.1 Å². The lowest BCUT2D eigenvalue weighted by molar-refractivity contribution is -0.122. The van der Waals surface area contributed by atoms with Crippen LogP contribution in [0.15, 0.2) is 36.5 Å². The first-order valence-corrected chi connectivity index (χ1v) is 9.96. The van der Waals surface area contributed by atoms with E-state index in [1.54, 1.807) is 42.2 Å². The van der Waals surface area contributed by atoms with Crippen LogP contribution in [0.3, 0.4) is 0 Å². The Bertz CT molecular complexity index is 760. The molecule has 0 radical (unpaired) electrons. The number of rotatable bonds is 7. The Labute approximate surface area is 156 Å². The first kappa shape index (κ1) is 18.4. The summed E-state index contributed by atoms with van der Waals surface area (Å²) >= 11 is 1.70. The summed E-state index contributed by atoms with van der Waals surface area (Å²) in [5.41, 5.74) is 0.352. The van der Waals surface area contributed by atoms with Crippen LogP contribution in [0, 0.1) is 5.82 Å². The highest BCUT2D eigenvalue weighted by Crippen LogP contribution is 2.25. The van der Waals surface area contributed by atoms with E-state index in [9.17, 15) is 9.18 Å². The number of nitrogens with one attached hydrogen (secondary N) is 2. The van der Waals surface area contributed by atoms with Gasteiger partial charge in [0.15, 0.2) is 0 Å². The lowest BCUT2D eigenvalue weighted by atomic mass is 10.2. The van der Waals surface area contributed by atoms with Crippen molar-refractivity contribution in [2.45, 2.75) is 18.9 Å². The van der Waals surface area contributed by atoms with Gasteiger partial charge in [-0.15, -0.1) is 0 Å². The van der Waals surface area contributed by atoms with E-state index in [1.807, 2.05) is 11.2 Å². The van der Waals surface area contributed by atoms with Crippen molar-refractivity contribution in [1.29, 1.82) is 0 Å². The molecule has 2 N–H and O–H groups in total. The molecule has 1 aromatic carbocycles. The van der Waals surface area contributed by atoms with Crippen molar-refractivity contribution in [3.63, 3.8) is 0 Å². The van der Waals surface area contributed by atoms with Crippen LogP contribution < -0.4 is 15.5 Å². The largest absolute Gasteiger partial charge is 0.353 e. The second kappa shape index (κ2) is 8.84. The predicted octanol–water partition coefficient (Wildman–Crippen LogP) is 2.81. The van der Waals surface area contributed by atoms with E-state index in [2.05, 4.69) is 20.6 Å². The van der Waals surface area contributed by atoms with E-state index in [-0.39, 0.29) is 17.8 Å². The average Bonchev–Trinajstić information content (AvgIpc) is 3.14.